The third-order valence-corrected chi connectivity index (χ3v) is 1.52. The molecule has 73 valence electrons. The van der Waals surface area contributed by atoms with Crippen molar-refractivity contribution in [3.8, 4) is 0 Å². The highest BCUT2D eigenvalue weighted by molar-refractivity contribution is 5.35. The average molecular weight is 198 g/mol. The Labute approximate surface area is 70.9 Å². The molecule has 0 saturated heterocycles. The Hall–Kier alpha value is -1.07. The van der Waals surface area contributed by atoms with E-state index in [1.165, 1.54) is 0 Å². The van der Waals surface area contributed by atoms with Gasteiger partial charge in [0.05, 0.1) is 12.2 Å². The van der Waals surface area contributed by atoms with Crippen LogP contribution >= 0.6 is 0 Å². The van der Waals surface area contributed by atoms with Crippen LogP contribution in [0.3, 0.4) is 0 Å². The summed E-state index contributed by atoms with van der Waals surface area (Å²) in [4.78, 5) is 0. The largest absolute Gasteiger partial charge is 0.421 e. The van der Waals surface area contributed by atoms with Crippen LogP contribution in [0.5, 0.6) is 0 Å². The Morgan fingerprint density at radius 3 is 2.23 bits per heavy atom. The summed E-state index contributed by atoms with van der Waals surface area (Å²) in [6, 6.07) is -1.20. The molecule has 0 aromatic heterocycles. The normalized spacial score (nSPS) is 24.2. The molecule has 0 aromatic carbocycles. The first kappa shape index (κ1) is 10.0. The second kappa shape index (κ2) is 3.01. The molecule has 1 radical (unpaired) electrons. The molecule has 1 aliphatic heterocycles. The SMILES string of the molecule is CC1N[C]=C(F)C(C(F)(F)F)=C1F. The van der Waals surface area contributed by atoms with Crippen LogP contribution in [-0.2, 0) is 0 Å². The van der Waals surface area contributed by atoms with Crippen molar-refractivity contribution in [3.63, 3.8) is 0 Å². The fraction of sp³-hybridized carbons (Fsp3) is 0.429. The van der Waals surface area contributed by atoms with Crippen LogP contribution in [-0.4, -0.2) is 12.2 Å². The van der Waals surface area contributed by atoms with E-state index in [2.05, 4.69) is 0 Å². The summed E-state index contributed by atoms with van der Waals surface area (Å²) in [5.41, 5.74) is -1.88. The fourth-order valence-corrected chi connectivity index (χ4v) is 0.879. The molecule has 0 spiro atoms. The molecule has 0 fully saturated rings. The predicted molar refractivity (Wildman–Crippen MR) is 34.7 cm³/mol. The highest BCUT2D eigenvalue weighted by atomic mass is 19.4. The van der Waals surface area contributed by atoms with Crippen LogP contribution in [0.15, 0.2) is 17.2 Å². The number of dihydropyridines is 1. The van der Waals surface area contributed by atoms with Gasteiger partial charge in [-0.1, -0.05) is 0 Å². The number of rotatable bonds is 0. The monoisotopic (exact) mass is 198 g/mol. The first-order chi connectivity index (χ1) is 5.84. The first-order valence-electron chi connectivity index (χ1n) is 3.35. The zero-order valence-electron chi connectivity index (χ0n) is 6.47. The average Bonchev–Trinajstić information content (AvgIpc) is 1.95. The van der Waals surface area contributed by atoms with Crippen LogP contribution in [0.1, 0.15) is 6.92 Å². The summed E-state index contributed by atoms with van der Waals surface area (Å²) in [5, 5.41) is 1.99. The molecule has 0 saturated carbocycles. The van der Waals surface area contributed by atoms with E-state index in [-0.39, 0.29) is 0 Å². The first-order valence-corrected chi connectivity index (χ1v) is 3.35. The van der Waals surface area contributed by atoms with Gasteiger partial charge in [0.15, 0.2) is 5.83 Å². The van der Waals surface area contributed by atoms with Gasteiger partial charge in [0.1, 0.15) is 11.4 Å². The molecule has 0 aliphatic carbocycles. The smallest absolute Gasteiger partial charge is 0.372 e. The van der Waals surface area contributed by atoms with Gasteiger partial charge in [-0.25, -0.2) is 8.78 Å². The lowest BCUT2D eigenvalue weighted by Crippen LogP contribution is -2.31. The number of hydrogen-bond acceptors (Lipinski definition) is 1. The predicted octanol–water partition coefficient (Wildman–Crippen LogP) is 2.38. The third-order valence-electron chi connectivity index (χ3n) is 1.52. The number of alkyl halides is 3. The van der Waals surface area contributed by atoms with Gasteiger partial charge in [0.25, 0.3) is 0 Å². The summed E-state index contributed by atoms with van der Waals surface area (Å²) in [7, 11) is 0. The third kappa shape index (κ3) is 1.81. The number of hydrogen-bond donors (Lipinski definition) is 1. The Morgan fingerprint density at radius 2 is 1.85 bits per heavy atom. The highest BCUT2D eigenvalue weighted by Gasteiger charge is 2.42. The zero-order chi connectivity index (χ0) is 10.2. The molecule has 6 heteroatoms. The second-order valence-corrected chi connectivity index (χ2v) is 2.53. The van der Waals surface area contributed by atoms with Gasteiger partial charge in [0.2, 0.25) is 0 Å². The van der Waals surface area contributed by atoms with Crippen LogP contribution < -0.4 is 5.32 Å². The van der Waals surface area contributed by atoms with Gasteiger partial charge in [-0.3, -0.25) is 0 Å². The van der Waals surface area contributed by atoms with Gasteiger partial charge < -0.3 is 5.32 Å². The molecule has 1 aliphatic rings. The molecule has 1 atom stereocenters. The summed E-state index contributed by atoms with van der Waals surface area (Å²) in [6.45, 7) is 1.14. The number of allylic oxidation sites excluding steroid dienone is 2. The van der Waals surface area contributed by atoms with E-state index >= 15 is 0 Å². The van der Waals surface area contributed by atoms with Crippen molar-refractivity contribution in [1.29, 1.82) is 0 Å². The van der Waals surface area contributed by atoms with E-state index in [1.807, 2.05) is 5.32 Å². The maximum atomic E-state index is 12.8. The quantitative estimate of drug-likeness (QED) is 0.589. The fourth-order valence-electron chi connectivity index (χ4n) is 0.879. The van der Waals surface area contributed by atoms with Crippen molar-refractivity contribution in [1.82, 2.24) is 5.32 Å². The minimum atomic E-state index is -5.02. The minimum Gasteiger partial charge on any atom is -0.372 e. The van der Waals surface area contributed by atoms with Crippen LogP contribution in [0.25, 0.3) is 0 Å². The van der Waals surface area contributed by atoms with E-state index in [0.717, 1.165) is 6.92 Å². The van der Waals surface area contributed by atoms with Gasteiger partial charge >= 0.3 is 6.18 Å². The van der Waals surface area contributed by atoms with Crippen molar-refractivity contribution >= 4 is 0 Å². The standard InChI is InChI=1S/C7H5F5N/c1-3-6(9)5(7(10,11)12)4(8)2-13-3/h3,13H,1H3. The lowest BCUT2D eigenvalue weighted by Gasteiger charge is -2.20. The molecule has 1 nitrogen and oxygen atoms in total. The maximum Gasteiger partial charge on any atom is 0.421 e. The Morgan fingerprint density at radius 1 is 1.31 bits per heavy atom. The van der Waals surface area contributed by atoms with Crippen LogP contribution in [0.4, 0.5) is 22.0 Å². The maximum absolute atomic E-state index is 12.8. The van der Waals surface area contributed by atoms with Crippen molar-refractivity contribution in [2.45, 2.75) is 19.1 Å². The number of nitrogens with one attached hydrogen (secondary N) is 1. The molecule has 1 rings (SSSR count). The lowest BCUT2D eigenvalue weighted by molar-refractivity contribution is -0.0939. The Balaban J connectivity index is 3.16. The van der Waals surface area contributed by atoms with Crippen LogP contribution in [0.2, 0.25) is 0 Å². The van der Waals surface area contributed by atoms with Gasteiger partial charge in [-0.2, -0.15) is 13.2 Å². The molecule has 1 heterocycles. The highest BCUT2D eigenvalue weighted by Crippen LogP contribution is 2.37. The van der Waals surface area contributed by atoms with E-state index < -0.39 is 29.4 Å². The van der Waals surface area contributed by atoms with E-state index in [1.54, 1.807) is 6.20 Å². The Kier molecular flexibility index (Phi) is 2.32. The minimum absolute atomic E-state index is 1.14. The second-order valence-electron chi connectivity index (χ2n) is 2.53. The molecule has 1 N–H and O–H groups in total. The molecule has 0 bridgehead atoms. The van der Waals surface area contributed by atoms with E-state index in [9.17, 15) is 22.0 Å². The molecule has 1 unspecified atom stereocenters. The van der Waals surface area contributed by atoms with Crippen LogP contribution in [0, 0.1) is 6.20 Å². The summed E-state index contributed by atoms with van der Waals surface area (Å²) >= 11 is 0. The molecule has 0 amide bonds. The zero-order valence-corrected chi connectivity index (χ0v) is 6.47. The molecular formula is C7H5F5N. The summed E-state index contributed by atoms with van der Waals surface area (Å²) < 4.78 is 61.2. The topological polar surface area (TPSA) is 12.0 Å². The lowest BCUT2D eigenvalue weighted by atomic mass is 10.1. The van der Waals surface area contributed by atoms with Gasteiger partial charge in [0, 0.05) is 0 Å². The van der Waals surface area contributed by atoms with E-state index in [4.69, 9.17) is 0 Å². The van der Waals surface area contributed by atoms with E-state index in [0.29, 0.717) is 0 Å². The van der Waals surface area contributed by atoms with Crippen molar-refractivity contribution in [2.75, 3.05) is 0 Å². The van der Waals surface area contributed by atoms with Gasteiger partial charge in [-0.05, 0) is 6.92 Å². The number of halogens is 5. The molecule has 0 aromatic rings. The van der Waals surface area contributed by atoms with Gasteiger partial charge in [-0.15, -0.1) is 0 Å². The van der Waals surface area contributed by atoms with Crippen molar-refractivity contribution in [2.24, 2.45) is 0 Å². The molecular weight excluding hydrogens is 193 g/mol. The van der Waals surface area contributed by atoms with Crippen molar-refractivity contribution in [3.05, 3.63) is 23.4 Å². The molecule has 13 heavy (non-hydrogen) atoms. The summed E-state index contributed by atoms with van der Waals surface area (Å²) in [5.74, 6) is -3.30. The van der Waals surface area contributed by atoms with Crippen molar-refractivity contribution < 1.29 is 22.0 Å². The summed E-state index contributed by atoms with van der Waals surface area (Å²) in [6.07, 6.45) is -3.42. The Bertz CT molecular complexity index is 275.